The number of rotatable bonds is 3. The van der Waals surface area contributed by atoms with E-state index < -0.39 is 41.6 Å². The van der Waals surface area contributed by atoms with Crippen LogP contribution in [0.1, 0.15) is 12.0 Å². The fraction of sp³-hybridized carbons (Fsp3) is 0.154. The van der Waals surface area contributed by atoms with E-state index in [9.17, 15) is 19.5 Å². The molecule has 98 valence electrons. The molecule has 0 spiro atoms. The number of carboxylic acid groups (broad SMARTS) is 1. The molecule has 0 radical (unpaired) electrons. The van der Waals surface area contributed by atoms with E-state index >= 15 is 0 Å². The van der Waals surface area contributed by atoms with Crippen LogP contribution in [0.5, 0.6) is 0 Å². The van der Waals surface area contributed by atoms with Crippen LogP contribution in [0.2, 0.25) is 0 Å². The molecule has 19 heavy (non-hydrogen) atoms. The van der Waals surface area contributed by atoms with E-state index in [2.05, 4.69) is 4.74 Å². The Kier molecular flexibility index (Phi) is 3.33. The summed E-state index contributed by atoms with van der Waals surface area (Å²) >= 11 is 0. The summed E-state index contributed by atoms with van der Waals surface area (Å²) in [5, 5.41) is 18.5. The summed E-state index contributed by atoms with van der Waals surface area (Å²) in [6, 6.07) is 8.02. The summed E-state index contributed by atoms with van der Waals surface area (Å²) in [4.78, 5) is 33.9. The first-order valence-electron chi connectivity index (χ1n) is 5.46. The Labute approximate surface area is 107 Å². The molecule has 2 N–H and O–H groups in total. The maximum Gasteiger partial charge on any atom is 0.346 e. The fourth-order valence-electron chi connectivity index (χ4n) is 1.75. The van der Waals surface area contributed by atoms with E-state index in [0.717, 1.165) is 0 Å². The molecule has 1 aliphatic heterocycles. The average molecular weight is 262 g/mol. The maximum absolute atomic E-state index is 11.8. The first kappa shape index (κ1) is 12.8. The zero-order chi connectivity index (χ0) is 14.0. The van der Waals surface area contributed by atoms with Crippen LogP contribution in [0.15, 0.2) is 35.9 Å². The van der Waals surface area contributed by atoms with Gasteiger partial charge in [0.25, 0.3) is 0 Å². The van der Waals surface area contributed by atoms with Gasteiger partial charge in [-0.2, -0.15) is 0 Å². The number of hydrogen-bond acceptors (Lipinski definition) is 5. The molecule has 0 aromatic heterocycles. The second-order valence-electron chi connectivity index (χ2n) is 3.95. The van der Waals surface area contributed by atoms with Gasteiger partial charge in [-0.3, -0.25) is 9.59 Å². The third-order valence-electron chi connectivity index (χ3n) is 2.64. The van der Waals surface area contributed by atoms with Crippen molar-refractivity contribution in [2.75, 3.05) is 0 Å². The SMILES string of the molecule is O=C(O)C[C@@H]1OC(=O)/C(=C(\O)c2ccccc2)C1=O. The van der Waals surface area contributed by atoms with E-state index in [4.69, 9.17) is 5.11 Å². The minimum absolute atomic E-state index is 0.291. The Hall–Kier alpha value is -2.63. The zero-order valence-corrected chi connectivity index (χ0v) is 9.70. The highest BCUT2D eigenvalue weighted by Gasteiger charge is 2.42. The van der Waals surface area contributed by atoms with Crippen molar-refractivity contribution in [2.45, 2.75) is 12.5 Å². The lowest BCUT2D eigenvalue weighted by molar-refractivity contribution is -0.147. The topological polar surface area (TPSA) is 101 Å². The minimum atomic E-state index is -1.37. The predicted molar refractivity (Wildman–Crippen MR) is 63.1 cm³/mol. The normalized spacial score (nSPS) is 21.2. The summed E-state index contributed by atoms with van der Waals surface area (Å²) in [6.45, 7) is 0. The molecule has 2 rings (SSSR count). The average Bonchev–Trinajstić information content (AvgIpc) is 2.64. The summed E-state index contributed by atoms with van der Waals surface area (Å²) in [7, 11) is 0. The van der Waals surface area contributed by atoms with Gasteiger partial charge in [-0.15, -0.1) is 0 Å². The number of esters is 1. The van der Waals surface area contributed by atoms with Crippen LogP contribution in [-0.2, 0) is 19.1 Å². The molecule has 0 bridgehead atoms. The van der Waals surface area contributed by atoms with Crippen LogP contribution in [0, 0.1) is 0 Å². The number of carbonyl (C=O) groups is 3. The molecule has 1 aromatic carbocycles. The standard InChI is InChI=1S/C13H10O6/c14-9(15)6-8-12(17)10(13(18)19-8)11(16)7-4-2-1-3-5-7/h1-5,8,16H,6H2,(H,14,15)/b11-10-/t8-/m0/s1. The molecule has 1 heterocycles. The van der Waals surface area contributed by atoms with Crippen LogP contribution in [-0.4, -0.2) is 34.0 Å². The lowest BCUT2D eigenvalue weighted by Gasteiger charge is -2.02. The number of aliphatic hydroxyl groups excluding tert-OH is 1. The summed E-state index contributed by atoms with van der Waals surface area (Å²) in [5.74, 6) is -3.57. The van der Waals surface area contributed by atoms with Gasteiger partial charge in [0.2, 0.25) is 5.78 Å². The second kappa shape index (κ2) is 4.93. The molecule has 1 aliphatic rings. The van der Waals surface area contributed by atoms with E-state index in [1.807, 2.05) is 0 Å². The first-order valence-corrected chi connectivity index (χ1v) is 5.46. The van der Waals surface area contributed by atoms with Gasteiger partial charge in [0.15, 0.2) is 6.10 Å². The molecule has 0 saturated carbocycles. The van der Waals surface area contributed by atoms with Crippen molar-refractivity contribution in [3.8, 4) is 0 Å². The summed E-state index contributed by atoms with van der Waals surface area (Å²) < 4.78 is 4.65. The smallest absolute Gasteiger partial charge is 0.346 e. The number of aliphatic hydroxyl groups is 1. The molecule has 0 amide bonds. The van der Waals surface area contributed by atoms with Crippen molar-refractivity contribution in [3.63, 3.8) is 0 Å². The monoisotopic (exact) mass is 262 g/mol. The Morgan fingerprint density at radius 2 is 1.79 bits per heavy atom. The Bertz CT molecular complexity index is 572. The molecular formula is C13H10O6. The van der Waals surface area contributed by atoms with Gasteiger partial charge in [-0.05, 0) is 0 Å². The van der Waals surface area contributed by atoms with Gasteiger partial charge < -0.3 is 14.9 Å². The van der Waals surface area contributed by atoms with Crippen molar-refractivity contribution in [1.82, 2.24) is 0 Å². The van der Waals surface area contributed by atoms with Gasteiger partial charge in [0.05, 0.1) is 6.42 Å². The Morgan fingerprint density at radius 1 is 1.16 bits per heavy atom. The highest BCUT2D eigenvalue weighted by atomic mass is 16.6. The molecule has 0 unspecified atom stereocenters. The predicted octanol–water partition coefficient (Wildman–Crippen LogP) is 0.925. The Balaban J connectivity index is 2.37. The summed E-state index contributed by atoms with van der Waals surface area (Å²) in [5.41, 5.74) is -0.212. The van der Waals surface area contributed by atoms with E-state index in [0.29, 0.717) is 5.56 Å². The number of carboxylic acids is 1. The van der Waals surface area contributed by atoms with E-state index in [-0.39, 0.29) is 0 Å². The number of hydrogen-bond donors (Lipinski definition) is 2. The summed E-state index contributed by atoms with van der Waals surface area (Å²) in [6.07, 6.45) is -1.98. The highest BCUT2D eigenvalue weighted by Crippen LogP contribution is 2.26. The number of Topliss-reactive ketones (excluding diaryl/α,β-unsaturated/α-hetero) is 1. The number of aliphatic carboxylic acids is 1. The van der Waals surface area contributed by atoms with Gasteiger partial charge in [0.1, 0.15) is 11.3 Å². The molecule has 0 aliphatic carbocycles. The molecule has 6 nitrogen and oxygen atoms in total. The molecule has 1 atom stereocenters. The van der Waals surface area contributed by atoms with Gasteiger partial charge in [0, 0.05) is 5.56 Å². The molecule has 1 aromatic rings. The number of benzene rings is 1. The number of cyclic esters (lactones) is 1. The fourth-order valence-corrected chi connectivity index (χ4v) is 1.75. The lowest BCUT2D eigenvalue weighted by atomic mass is 10.0. The Morgan fingerprint density at radius 3 is 2.37 bits per heavy atom. The van der Waals surface area contributed by atoms with Crippen molar-refractivity contribution in [1.29, 1.82) is 0 Å². The van der Waals surface area contributed by atoms with E-state index in [1.165, 1.54) is 12.1 Å². The van der Waals surface area contributed by atoms with Crippen molar-refractivity contribution < 1.29 is 29.3 Å². The van der Waals surface area contributed by atoms with Crippen LogP contribution in [0.25, 0.3) is 5.76 Å². The van der Waals surface area contributed by atoms with Crippen LogP contribution in [0.3, 0.4) is 0 Å². The molecular weight excluding hydrogens is 252 g/mol. The lowest BCUT2D eigenvalue weighted by Crippen LogP contribution is -2.20. The molecule has 1 saturated heterocycles. The van der Waals surface area contributed by atoms with Crippen molar-refractivity contribution >= 4 is 23.5 Å². The van der Waals surface area contributed by atoms with Crippen LogP contribution in [0.4, 0.5) is 0 Å². The van der Waals surface area contributed by atoms with Crippen LogP contribution >= 0.6 is 0 Å². The highest BCUT2D eigenvalue weighted by molar-refractivity contribution is 6.27. The maximum atomic E-state index is 11.8. The third-order valence-corrected chi connectivity index (χ3v) is 2.64. The number of carbonyl (C=O) groups excluding carboxylic acids is 2. The quantitative estimate of drug-likeness (QED) is 0.363. The number of ketones is 1. The number of ether oxygens (including phenoxy) is 1. The third kappa shape index (κ3) is 2.47. The zero-order valence-electron chi connectivity index (χ0n) is 9.70. The second-order valence-corrected chi connectivity index (χ2v) is 3.95. The largest absolute Gasteiger partial charge is 0.506 e. The first-order chi connectivity index (χ1) is 9.00. The van der Waals surface area contributed by atoms with Gasteiger partial charge in [-0.1, -0.05) is 30.3 Å². The van der Waals surface area contributed by atoms with E-state index in [1.54, 1.807) is 18.2 Å². The van der Waals surface area contributed by atoms with Gasteiger partial charge in [-0.25, -0.2) is 4.79 Å². The molecule has 6 heteroatoms. The van der Waals surface area contributed by atoms with Crippen LogP contribution < -0.4 is 0 Å². The van der Waals surface area contributed by atoms with Gasteiger partial charge >= 0.3 is 11.9 Å². The minimum Gasteiger partial charge on any atom is -0.506 e. The van der Waals surface area contributed by atoms with Crippen molar-refractivity contribution in [3.05, 3.63) is 41.5 Å². The van der Waals surface area contributed by atoms with Crippen molar-refractivity contribution in [2.24, 2.45) is 0 Å². The molecule has 1 fully saturated rings.